The van der Waals surface area contributed by atoms with Gasteiger partial charge in [0.1, 0.15) is 0 Å². The quantitative estimate of drug-likeness (QED) is 0.190. The van der Waals surface area contributed by atoms with Crippen molar-refractivity contribution >= 4 is 24.6 Å². The Labute approximate surface area is 65.3 Å². The summed E-state index contributed by atoms with van der Waals surface area (Å²) in [5, 5.41) is 13.5. The molecule has 0 atom stereocenters. The average molecular weight is 167 g/mol. The minimum atomic E-state index is -0.833. The molecule has 5 nitrogen and oxygen atoms in total. The fraction of sp³-hybridized carbons (Fsp3) is 0.500. The van der Waals surface area contributed by atoms with Gasteiger partial charge in [-0.15, -0.1) is 0 Å². The van der Waals surface area contributed by atoms with E-state index >= 15 is 0 Å². The van der Waals surface area contributed by atoms with Crippen LogP contribution < -0.4 is 11.5 Å². The van der Waals surface area contributed by atoms with Crippen LogP contribution in [0.5, 0.6) is 0 Å². The summed E-state index contributed by atoms with van der Waals surface area (Å²) in [5.74, 6) is -1.17. The lowest BCUT2D eigenvalue weighted by Crippen LogP contribution is -2.20. The zero-order valence-electron chi connectivity index (χ0n) is 5.96. The summed E-state index contributed by atoms with van der Waals surface area (Å²) in [6, 6.07) is 0. The van der Waals surface area contributed by atoms with Crippen molar-refractivity contribution in [2.24, 2.45) is 11.5 Å². The molecule has 0 unspecified atom stereocenters. The lowest BCUT2D eigenvalue weighted by atomic mass is 10.9. The number of hydrogen-bond donors (Lipinski definition) is 5. The minimum Gasteiger partial charge on any atom is -0.481 e. The van der Waals surface area contributed by atoms with E-state index in [2.05, 4.69) is 24.1 Å². The highest BCUT2D eigenvalue weighted by molar-refractivity contribution is 7.79. The van der Waals surface area contributed by atoms with Gasteiger partial charge in [-0.05, 0) is 6.26 Å². The normalized spacial score (nSPS) is 5.50. The third-order valence-electron chi connectivity index (χ3n) is 0. The monoisotopic (exact) mass is 167 g/mol. The average Bonchev–Trinajstić information content (AvgIpc) is 1.66. The summed E-state index contributed by atoms with van der Waals surface area (Å²) in [6.07, 6.45) is 1.69. The predicted molar refractivity (Wildman–Crippen MR) is 44.3 cm³/mol. The first-order chi connectivity index (χ1) is 4.46. The smallest absolute Gasteiger partial charge is 0.300 e. The van der Waals surface area contributed by atoms with E-state index in [1.54, 1.807) is 6.26 Å². The van der Waals surface area contributed by atoms with Gasteiger partial charge in [0.2, 0.25) is 0 Å². The van der Waals surface area contributed by atoms with Crippen molar-refractivity contribution in [1.29, 1.82) is 5.41 Å². The number of carboxylic acid groups (broad SMARTS) is 1. The van der Waals surface area contributed by atoms with E-state index in [1.807, 2.05) is 0 Å². The highest BCUT2D eigenvalue weighted by Gasteiger charge is 1.65. The number of aliphatic carboxylic acids is 1. The van der Waals surface area contributed by atoms with E-state index in [0.717, 1.165) is 6.92 Å². The van der Waals surface area contributed by atoms with E-state index in [4.69, 9.17) is 15.3 Å². The van der Waals surface area contributed by atoms with Crippen LogP contribution in [0.2, 0.25) is 0 Å². The molecule has 6 heteroatoms. The predicted octanol–water partition coefficient (Wildman–Crippen LogP) is -0.525. The number of carbonyl (C=O) groups is 1. The first kappa shape index (κ1) is 16.0. The van der Waals surface area contributed by atoms with Crippen molar-refractivity contribution in [3.8, 4) is 0 Å². The molecular formula is C4H13N3O2S. The summed E-state index contributed by atoms with van der Waals surface area (Å²) in [6.45, 7) is 1.08. The van der Waals surface area contributed by atoms with Crippen LogP contribution in [0.3, 0.4) is 0 Å². The largest absolute Gasteiger partial charge is 0.481 e. The van der Waals surface area contributed by atoms with Crippen LogP contribution in [-0.2, 0) is 4.79 Å². The lowest BCUT2D eigenvalue weighted by Gasteiger charge is -1.69. The molecule has 6 N–H and O–H groups in total. The highest BCUT2D eigenvalue weighted by atomic mass is 32.1. The molecule has 0 aliphatic rings. The van der Waals surface area contributed by atoms with Crippen LogP contribution in [0.1, 0.15) is 6.92 Å². The Morgan fingerprint density at radius 1 is 1.50 bits per heavy atom. The van der Waals surface area contributed by atoms with Crippen LogP contribution in [-0.4, -0.2) is 23.3 Å². The van der Waals surface area contributed by atoms with Crippen LogP contribution in [0, 0.1) is 5.41 Å². The fourth-order valence-electron chi connectivity index (χ4n) is 0. The Balaban J connectivity index is -0.0000000787. The molecule has 0 saturated heterocycles. The number of rotatable bonds is 0. The van der Waals surface area contributed by atoms with E-state index < -0.39 is 5.97 Å². The Morgan fingerprint density at radius 3 is 1.50 bits per heavy atom. The summed E-state index contributed by atoms with van der Waals surface area (Å²) in [4.78, 5) is 9.00. The van der Waals surface area contributed by atoms with Gasteiger partial charge in [-0.3, -0.25) is 10.2 Å². The molecule has 0 spiro atoms. The van der Waals surface area contributed by atoms with E-state index in [1.165, 1.54) is 0 Å². The molecule has 62 valence electrons. The number of hydrogen-bond acceptors (Lipinski definition) is 3. The first-order valence-corrected chi connectivity index (χ1v) is 3.10. The van der Waals surface area contributed by atoms with Crippen molar-refractivity contribution < 1.29 is 9.90 Å². The van der Waals surface area contributed by atoms with E-state index in [9.17, 15) is 0 Å². The van der Waals surface area contributed by atoms with Gasteiger partial charge in [-0.1, -0.05) is 0 Å². The molecule has 0 aromatic carbocycles. The van der Waals surface area contributed by atoms with Gasteiger partial charge in [-0.2, -0.15) is 12.6 Å². The molecule has 0 aromatic rings. The Hall–Kier alpha value is -0.910. The molecule has 0 heterocycles. The van der Waals surface area contributed by atoms with Gasteiger partial charge >= 0.3 is 0 Å². The molecule has 0 fully saturated rings. The van der Waals surface area contributed by atoms with Gasteiger partial charge in [0.05, 0.1) is 0 Å². The molecule has 0 amide bonds. The molecular weight excluding hydrogens is 154 g/mol. The second-order valence-corrected chi connectivity index (χ2v) is 0.974. The molecule has 0 bridgehead atoms. The number of carboxylic acids is 1. The van der Waals surface area contributed by atoms with Crippen LogP contribution >= 0.6 is 12.6 Å². The van der Waals surface area contributed by atoms with Crippen molar-refractivity contribution in [2.75, 3.05) is 6.26 Å². The lowest BCUT2D eigenvalue weighted by molar-refractivity contribution is -0.134. The molecule has 0 aromatic heterocycles. The van der Waals surface area contributed by atoms with Crippen molar-refractivity contribution in [3.05, 3.63) is 0 Å². The molecule has 0 aliphatic carbocycles. The Kier molecular flexibility index (Phi) is 25.2. The molecule has 0 saturated carbocycles. The summed E-state index contributed by atoms with van der Waals surface area (Å²) in [7, 11) is 0. The third kappa shape index (κ3) is 318. The second-order valence-electron chi connectivity index (χ2n) is 0.974. The van der Waals surface area contributed by atoms with Gasteiger partial charge in [0.25, 0.3) is 5.97 Å². The van der Waals surface area contributed by atoms with Crippen LogP contribution in [0.25, 0.3) is 0 Å². The number of nitrogens with two attached hydrogens (primary N) is 2. The van der Waals surface area contributed by atoms with Crippen molar-refractivity contribution in [1.82, 2.24) is 0 Å². The number of nitrogens with one attached hydrogen (secondary N) is 1. The summed E-state index contributed by atoms with van der Waals surface area (Å²) < 4.78 is 0. The standard InChI is InChI=1S/C2H4O2.CH5N3.CH4S/c1-2(3)4;2-1(3)4;1-2/h1H3,(H,3,4);(H5,2,3,4);2H,1H3. The second kappa shape index (κ2) is 15.7. The van der Waals surface area contributed by atoms with Gasteiger partial charge in [0, 0.05) is 6.92 Å². The maximum atomic E-state index is 9.00. The topological polar surface area (TPSA) is 113 Å². The third-order valence-corrected chi connectivity index (χ3v) is 0. The Bertz CT molecular complexity index is 76.5. The highest BCUT2D eigenvalue weighted by Crippen LogP contribution is 1.42. The molecule has 0 aliphatic heterocycles. The van der Waals surface area contributed by atoms with E-state index in [0.29, 0.717) is 0 Å². The van der Waals surface area contributed by atoms with Crippen molar-refractivity contribution in [3.63, 3.8) is 0 Å². The first-order valence-electron chi connectivity index (χ1n) is 2.20. The molecule has 0 rings (SSSR count). The molecule has 0 radical (unpaired) electrons. The number of guanidine groups is 1. The minimum absolute atomic E-state index is 0.333. The van der Waals surface area contributed by atoms with Crippen molar-refractivity contribution in [2.45, 2.75) is 6.92 Å². The fourth-order valence-corrected chi connectivity index (χ4v) is 0. The summed E-state index contributed by atoms with van der Waals surface area (Å²) in [5.41, 5.74) is 8.94. The van der Waals surface area contributed by atoms with Crippen LogP contribution in [0.4, 0.5) is 0 Å². The maximum Gasteiger partial charge on any atom is 0.300 e. The summed E-state index contributed by atoms with van der Waals surface area (Å²) >= 11 is 3.53. The van der Waals surface area contributed by atoms with Gasteiger partial charge in [0.15, 0.2) is 5.96 Å². The SMILES string of the molecule is CC(=O)O.CS.N=C(N)N. The van der Waals surface area contributed by atoms with Gasteiger partial charge < -0.3 is 16.6 Å². The zero-order valence-corrected chi connectivity index (χ0v) is 6.85. The number of thiol groups is 1. The maximum absolute atomic E-state index is 9.00. The van der Waals surface area contributed by atoms with E-state index in [-0.39, 0.29) is 5.96 Å². The molecule has 10 heavy (non-hydrogen) atoms. The van der Waals surface area contributed by atoms with Crippen LogP contribution in [0.15, 0.2) is 0 Å². The Morgan fingerprint density at radius 2 is 1.50 bits per heavy atom. The van der Waals surface area contributed by atoms with Gasteiger partial charge in [-0.25, -0.2) is 0 Å². The zero-order chi connectivity index (χ0) is 9.15.